The molecule has 5 heteroatoms. The first-order valence-corrected chi connectivity index (χ1v) is 6.51. The highest BCUT2D eigenvalue weighted by molar-refractivity contribution is 6.58. The van der Waals surface area contributed by atoms with Gasteiger partial charge in [0.25, 0.3) is 0 Å². The molecule has 1 aliphatic rings. The molecule has 0 aliphatic carbocycles. The van der Waals surface area contributed by atoms with Gasteiger partial charge in [0.05, 0.1) is 0 Å². The van der Waals surface area contributed by atoms with Crippen LogP contribution in [-0.2, 0) is 6.54 Å². The average molecular weight is 248 g/mol. The number of hydrogen-bond acceptors (Lipinski definition) is 4. The van der Waals surface area contributed by atoms with Crippen molar-refractivity contribution in [3.8, 4) is 0 Å². The van der Waals surface area contributed by atoms with E-state index in [0.29, 0.717) is 5.46 Å². The lowest BCUT2D eigenvalue weighted by molar-refractivity contribution is 0.269. The normalized spacial score (nSPS) is 18.6. The Morgan fingerprint density at radius 3 is 2.78 bits per heavy atom. The first-order valence-electron chi connectivity index (χ1n) is 6.51. The molecule has 0 spiro atoms. The summed E-state index contributed by atoms with van der Waals surface area (Å²) in [5, 5.41) is 18.3. The topological polar surface area (TPSA) is 46.9 Å². The molecule has 98 valence electrons. The van der Waals surface area contributed by atoms with Crippen molar-refractivity contribution >= 4 is 12.6 Å². The molecule has 1 fully saturated rings. The molecule has 1 heterocycles. The van der Waals surface area contributed by atoms with Crippen molar-refractivity contribution in [2.75, 3.05) is 33.2 Å². The molecule has 0 amide bonds. The highest BCUT2D eigenvalue weighted by atomic mass is 16.4. The smallest absolute Gasteiger partial charge is 0.423 e. The van der Waals surface area contributed by atoms with Crippen LogP contribution in [0.25, 0.3) is 0 Å². The molecule has 2 N–H and O–H groups in total. The third kappa shape index (κ3) is 3.81. The molecule has 0 saturated carbocycles. The van der Waals surface area contributed by atoms with E-state index < -0.39 is 7.12 Å². The zero-order chi connectivity index (χ0) is 13.0. The maximum atomic E-state index is 9.17. The molecular formula is C13H21BN2O2. The Morgan fingerprint density at radius 2 is 2.00 bits per heavy atom. The van der Waals surface area contributed by atoms with Crippen LogP contribution < -0.4 is 5.46 Å². The van der Waals surface area contributed by atoms with Gasteiger partial charge in [-0.1, -0.05) is 24.3 Å². The van der Waals surface area contributed by atoms with Crippen LogP contribution in [0.3, 0.4) is 0 Å². The lowest BCUT2D eigenvalue weighted by Gasteiger charge is -2.20. The van der Waals surface area contributed by atoms with Gasteiger partial charge >= 0.3 is 7.12 Å². The summed E-state index contributed by atoms with van der Waals surface area (Å²) < 4.78 is 0. The highest BCUT2D eigenvalue weighted by Gasteiger charge is 2.14. The summed E-state index contributed by atoms with van der Waals surface area (Å²) in [7, 11) is 0.784. The molecule has 18 heavy (non-hydrogen) atoms. The maximum Gasteiger partial charge on any atom is 0.488 e. The van der Waals surface area contributed by atoms with Crippen molar-refractivity contribution in [2.45, 2.75) is 13.0 Å². The summed E-state index contributed by atoms with van der Waals surface area (Å²) in [6.07, 6.45) is 1.19. The number of rotatable bonds is 3. The van der Waals surface area contributed by atoms with Crippen LogP contribution >= 0.6 is 0 Å². The maximum absolute atomic E-state index is 9.17. The first-order chi connectivity index (χ1) is 8.65. The minimum absolute atomic E-state index is 0.569. The van der Waals surface area contributed by atoms with Gasteiger partial charge < -0.3 is 14.9 Å². The molecule has 1 aromatic rings. The Labute approximate surface area is 109 Å². The van der Waals surface area contributed by atoms with Gasteiger partial charge in [-0.2, -0.15) is 0 Å². The van der Waals surface area contributed by atoms with Crippen molar-refractivity contribution in [2.24, 2.45) is 0 Å². The summed E-state index contributed by atoms with van der Waals surface area (Å²) >= 11 is 0. The number of benzene rings is 1. The van der Waals surface area contributed by atoms with Gasteiger partial charge in [-0.05, 0) is 37.6 Å². The highest BCUT2D eigenvalue weighted by Crippen LogP contribution is 2.07. The van der Waals surface area contributed by atoms with E-state index in [4.69, 9.17) is 10.0 Å². The Kier molecular flexibility index (Phi) is 4.77. The predicted octanol–water partition coefficient (Wildman–Crippen LogP) is -0.496. The molecular weight excluding hydrogens is 227 g/mol. The fourth-order valence-corrected chi connectivity index (χ4v) is 2.37. The van der Waals surface area contributed by atoms with E-state index in [9.17, 15) is 0 Å². The quantitative estimate of drug-likeness (QED) is 0.708. The van der Waals surface area contributed by atoms with Crippen LogP contribution in [0.2, 0.25) is 0 Å². The van der Waals surface area contributed by atoms with E-state index in [0.717, 1.165) is 38.3 Å². The van der Waals surface area contributed by atoms with E-state index in [1.165, 1.54) is 6.42 Å². The zero-order valence-electron chi connectivity index (χ0n) is 10.9. The van der Waals surface area contributed by atoms with Crippen molar-refractivity contribution < 1.29 is 10.0 Å². The van der Waals surface area contributed by atoms with Crippen LogP contribution in [0.1, 0.15) is 12.0 Å². The molecule has 0 unspecified atom stereocenters. The average Bonchev–Trinajstić information content (AvgIpc) is 2.55. The third-order valence-electron chi connectivity index (χ3n) is 3.47. The van der Waals surface area contributed by atoms with Crippen LogP contribution in [0.5, 0.6) is 0 Å². The fourth-order valence-electron chi connectivity index (χ4n) is 2.37. The monoisotopic (exact) mass is 248 g/mol. The second-order valence-corrected chi connectivity index (χ2v) is 5.05. The van der Waals surface area contributed by atoms with Gasteiger partial charge in [0.1, 0.15) is 0 Å². The van der Waals surface area contributed by atoms with Crippen molar-refractivity contribution in [3.05, 3.63) is 29.8 Å². The van der Waals surface area contributed by atoms with E-state index in [1.807, 2.05) is 18.2 Å². The van der Waals surface area contributed by atoms with Gasteiger partial charge in [-0.3, -0.25) is 4.90 Å². The van der Waals surface area contributed by atoms with Crippen molar-refractivity contribution in [1.82, 2.24) is 9.80 Å². The molecule has 0 radical (unpaired) electrons. The SMILES string of the molecule is CN1CCCN(Cc2cccc(B(O)O)c2)CC1. The summed E-state index contributed by atoms with van der Waals surface area (Å²) in [4.78, 5) is 4.78. The molecule has 0 bridgehead atoms. The first kappa shape index (κ1) is 13.6. The molecule has 0 aromatic heterocycles. The Hall–Kier alpha value is -0.875. The van der Waals surface area contributed by atoms with E-state index in [2.05, 4.69) is 16.8 Å². The summed E-state index contributed by atoms with van der Waals surface area (Å²) in [6.45, 7) is 5.32. The second kappa shape index (κ2) is 6.34. The minimum Gasteiger partial charge on any atom is -0.423 e. The van der Waals surface area contributed by atoms with Crippen molar-refractivity contribution in [1.29, 1.82) is 0 Å². The van der Waals surface area contributed by atoms with E-state index >= 15 is 0 Å². The van der Waals surface area contributed by atoms with Crippen LogP contribution in [-0.4, -0.2) is 60.2 Å². The third-order valence-corrected chi connectivity index (χ3v) is 3.47. The van der Waals surface area contributed by atoms with Gasteiger partial charge in [-0.15, -0.1) is 0 Å². The van der Waals surface area contributed by atoms with Crippen LogP contribution in [0.15, 0.2) is 24.3 Å². The fraction of sp³-hybridized carbons (Fsp3) is 0.538. The molecule has 1 saturated heterocycles. The largest absolute Gasteiger partial charge is 0.488 e. The molecule has 2 rings (SSSR count). The van der Waals surface area contributed by atoms with E-state index in [1.54, 1.807) is 6.07 Å². The van der Waals surface area contributed by atoms with Gasteiger partial charge in [0, 0.05) is 19.6 Å². The van der Waals surface area contributed by atoms with Gasteiger partial charge in [-0.25, -0.2) is 0 Å². The summed E-state index contributed by atoms with van der Waals surface area (Å²) in [5.74, 6) is 0. The number of hydrogen-bond donors (Lipinski definition) is 2. The molecule has 0 atom stereocenters. The molecule has 4 nitrogen and oxygen atoms in total. The lowest BCUT2D eigenvalue weighted by Crippen LogP contribution is -2.31. The lowest BCUT2D eigenvalue weighted by atomic mass is 9.79. The Bertz CT molecular complexity index is 387. The number of nitrogens with zero attached hydrogens (tertiary/aromatic N) is 2. The van der Waals surface area contributed by atoms with E-state index in [-0.39, 0.29) is 0 Å². The van der Waals surface area contributed by atoms with Crippen LogP contribution in [0, 0.1) is 0 Å². The Balaban J connectivity index is 1.98. The Morgan fingerprint density at radius 1 is 1.17 bits per heavy atom. The number of likely N-dealkylation sites (N-methyl/N-ethyl adjacent to an activating group) is 1. The zero-order valence-corrected chi connectivity index (χ0v) is 10.9. The van der Waals surface area contributed by atoms with Gasteiger partial charge in [0.15, 0.2) is 0 Å². The summed E-state index contributed by atoms with van der Waals surface area (Å²) in [5.41, 5.74) is 1.71. The second-order valence-electron chi connectivity index (χ2n) is 5.05. The standard InChI is InChI=1S/C13H21BN2O2/c1-15-6-3-7-16(9-8-15)11-12-4-2-5-13(10-12)14(17)18/h2,4-5,10,17-18H,3,6-9,11H2,1H3. The predicted molar refractivity (Wildman–Crippen MR) is 73.7 cm³/mol. The summed E-state index contributed by atoms with van der Waals surface area (Å²) in [6, 6.07) is 7.54. The van der Waals surface area contributed by atoms with Crippen molar-refractivity contribution in [3.63, 3.8) is 0 Å². The molecule has 1 aliphatic heterocycles. The van der Waals surface area contributed by atoms with Gasteiger partial charge in [0.2, 0.25) is 0 Å². The molecule has 1 aromatic carbocycles. The minimum atomic E-state index is -1.37. The van der Waals surface area contributed by atoms with Crippen LogP contribution in [0.4, 0.5) is 0 Å².